The number of aliphatic hydroxyl groups excluding tert-OH is 1. The van der Waals surface area contributed by atoms with E-state index in [-0.39, 0.29) is 6.61 Å². The van der Waals surface area contributed by atoms with Crippen molar-refractivity contribution in [2.24, 2.45) is 0 Å². The van der Waals surface area contributed by atoms with Crippen LogP contribution in [0.3, 0.4) is 0 Å². The minimum Gasteiger partial charge on any atom is -0.390 e. The Balaban J connectivity index is 1.64. The van der Waals surface area contributed by atoms with Crippen LogP contribution in [0.4, 0.5) is 5.82 Å². The molecule has 0 spiro atoms. The van der Waals surface area contributed by atoms with Gasteiger partial charge in [0.2, 0.25) is 0 Å². The minimum atomic E-state index is -0.0172. The number of hydrogen-bond acceptors (Lipinski definition) is 6. The summed E-state index contributed by atoms with van der Waals surface area (Å²) in [6, 6.07) is 2.11. The Hall–Kier alpha value is -1.99. The van der Waals surface area contributed by atoms with Gasteiger partial charge in [-0.3, -0.25) is 4.68 Å². The van der Waals surface area contributed by atoms with Gasteiger partial charge in [-0.1, -0.05) is 0 Å². The van der Waals surface area contributed by atoms with Gasteiger partial charge in [-0.05, 0) is 20.3 Å². The van der Waals surface area contributed by atoms with Gasteiger partial charge in [0.05, 0.1) is 24.6 Å². The molecular formula is C18H25N5O2. The standard InChI is InChI=1S/C18H25N5O2/c1-3-23-17-4-6-22(9-14(17)16(10-24)21-23)18-8-15(19-12(2)20-18)13-5-7-25-11-13/h8,13,24H,3-7,9-11H2,1-2H3. The number of anilines is 1. The highest BCUT2D eigenvalue weighted by molar-refractivity contribution is 5.45. The largest absolute Gasteiger partial charge is 0.390 e. The van der Waals surface area contributed by atoms with Gasteiger partial charge in [0.25, 0.3) is 0 Å². The minimum absolute atomic E-state index is 0.0172. The van der Waals surface area contributed by atoms with Crippen LogP contribution in [0.15, 0.2) is 6.07 Å². The van der Waals surface area contributed by atoms with E-state index in [2.05, 4.69) is 33.0 Å². The Morgan fingerprint density at radius 3 is 2.96 bits per heavy atom. The first kappa shape index (κ1) is 16.5. The van der Waals surface area contributed by atoms with Crippen LogP contribution in [0.2, 0.25) is 0 Å². The quantitative estimate of drug-likeness (QED) is 0.908. The first-order valence-electron chi connectivity index (χ1n) is 9.06. The molecule has 7 heteroatoms. The molecule has 0 aliphatic carbocycles. The number of aryl methyl sites for hydroxylation is 2. The number of nitrogens with zero attached hydrogens (tertiary/aromatic N) is 5. The Labute approximate surface area is 147 Å². The number of fused-ring (bicyclic) bond motifs is 1. The van der Waals surface area contributed by atoms with Crippen molar-refractivity contribution in [3.63, 3.8) is 0 Å². The Kier molecular flexibility index (Phi) is 4.43. The van der Waals surface area contributed by atoms with E-state index in [0.29, 0.717) is 5.92 Å². The van der Waals surface area contributed by atoms with E-state index in [1.807, 2.05) is 11.6 Å². The van der Waals surface area contributed by atoms with Gasteiger partial charge in [0, 0.05) is 55.9 Å². The molecule has 1 atom stereocenters. The Bertz CT molecular complexity index is 767. The number of ether oxygens (including phenoxy) is 1. The van der Waals surface area contributed by atoms with Gasteiger partial charge in [-0.25, -0.2) is 9.97 Å². The highest BCUT2D eigenvalue weighted by Crippen LogP contribution is 2.29. The second kappa shape index (κ2) is 6.72. The maximum absolute atomic E-state index is 9.66. The molecule has 0 amide bonds. The van der Waals surface area contributed by atoms with Gasteiger partial charge in [-0.15, -0.1) is 0 Å². The lowest BCUT2D eigenvalue weighted by Crippen LogP contribution is -2.32. The molecule has 0 radical (unpaired) electrons. The summed E-state index contributed by atoms with van der Waals surface area (Å²) >= 11 is 0. The number of rotatable bonds is 4. The summed E-state index contributed by atoms with van der Waals surface area (Å²) in [4.78, 5) is 11.6. The third-order valence-electron chi connectivity index (χ3n) is 5.18. The number of hydrogen-bond donors (Lipinski definition) is 1. The summed E-state index contributed by atoms with van der Waals surface area (Å²) in [5.74, 6) is 2.14. The van der Waals surface area contributed by atoms with Crippen LogP contribution in [0.5, 0.6) is 0 Å². The maximum Gasteiger partial charge on any atom is 0.132 e. The predicted molar refractivity (Wildman–Crippen MR) is 93.5 cm³/mol. The summed E-state index contributed by atoms with van der Waals surface area (Å²) in [6.45, 7) is 8.06. The zero-order chi connectivity index (χ0) is 17.4. The first-order chi connectivity index (χ1) is 12.2. The lowest BCUT2D eigenvalue weighted by molar-refractivity contribution is 0.193. The van der Waals surface area contributed by atoms with Crippen molar-refractivity contribution in [3.05, 3.63) is 34.5 Å². The van der Waals surface area contributed by atoms with E-state index in [4.69, 9.17) is 4.74 Å². The van der Waals surface area contributed by atoms with E-state index in [9.17, 15) is 5.11 Å². The van der Waals surface area contributed by atoms with Gasteiger partial charge in [0.15, 0.2) is 0 Å². The molecule has 0 aromatic carbocycles. The molecule has 1 fully saturated rings. The molecule has 7 nitrogen and oxygen atoms in total. The highest BCUT2D eigenvalue weighted by atomic mass is 16.5. The zero-order valence-electron chi connectivity index (χ0n) is 14.9. The third kappa shape index (κ3) is 3.02. The third-order valence-corrected chi connectivity index (χ3v) is 5.18. The van der Waals surface area contributed by atoms with Crippen molar-refractivity contribution in [2.75, 3.05) is 24.7 Å². The van der Waals surface area contributed by atoms with E-state index < -0.39 is 0 Å². The van der Waals surface area contributed by atoms with Crippen LogP contribution in [-0.2, 0) is 30.9 Å². The molecule has 2 aromatic rings. The van der Waals surface area contributed by atoms with Crippen LogP contribution in [0.25, 0.3) is 0 Å². The smallest absolute Gasteiger partial charge is 0.132 e. The predicted octanol–water partition coefficient (Wildman–Crippen LogP) is 1.56. The molecule has 2 aliphatic heterocycles. The molecule has 1 unspecified atom stereocenters. The SMILES string of the molecule is CCn1nc(CO)c2c1CCN(c1cc(C3CCOC3)nc(C)n1)C2. The summed E-state index contributed by atoms with van der Waals surface area (Å²) in [7, 11) is 0. The zero-order valence-corrected chi connectivity index (χ0v) is 14.9. The molecule has 2 aliphatic rings. The summed E-state index contributed by atoms with van der Waals surface area (Å²) in [5.41, 5.74) is 4.27. The lowest BCUT2D eigenvalue weighted by atomic mass is 10.0. The first-order valence-corrected chi connectivity index (χ1v) is 9.06. The molecule has 2 aromatic heterocycles. The second-order valence-electron chi connectivity index (χ2n) is 6.78. The van der Waals surface area contributed by atoms with Crippen molar-refractivity contribution in [3.8, 4) is 0 Å². The van der Waals surface area contributed by atoms with E-state index >= 15 is 0 Å². The summed E-state index contributed by atoms with van der Waals surface area (Å²) in [6.07, 6.45) is 1.94. The van der Waals surface area contributed by atoms with Crippen LogP contribution < -0.4 is 4.90 Å². The molecule has 1 saturated heterocycles. The van der Waals surface area contributed by atoms with E-state index in [1.165, 1.54) is 5.69 Å². The van der Waals surface area contributed by atoms with Crippen LogP contribution >= 0.6 is 0 Å². The average molecular weight is 343 g/mol. The van der Waals surface area contributed by atoms with E-state index in [1.54, 1.807) is 0 Å². The van der Waals surface area contributed by atoms with Crippen molar-refractivity contribution < 1.29 is 9.84 Å². The van der Waals surface area contributed by atoms with Gasteiger partial charge in [0.1, 0.15) is 11.6 Å². The Morgan fingerprint density at radius 1 is 1.36 bits per heavy atom. The molecule has 25 heavy (non-hydrogen) atoms. The lowest BCUT2D eigenvalue weighted by Gasteiger charge is -2.29. The average Bonchev–Trinajstić information content (AvgIpc) is 3.28. The van der Waals surface area contributed by atoms with Crippen molar-refractivity contribution in [2.45, 2.75) is 52.3 Å². The van der Waals surface area contributed by atoms with Crippen molar-refractivity contribution in [1.82, 2.24) is 19.7 Å². The molecule has 1 N–H and O–H groups in total. The number of aromatic nitrogens is 4. The molecule has 0 saturated carbocycles. The van der Waals surface area contributed by atoms with Gasteiger partial charge in [-0.2, -0.15) is 5.10 Å². The fraction of sp³-hybridized carbons (Fsp3) is 0.611. The molecule has 0 bridgehead atoms. The van der Waals surface area contributed by atoms with Crippen molar-refractivity contribution in [1.29, 1.82) is 0 Å². The van der Waals surface area contributed by atoms with Gasteiger partial charge >= 0.3 is 0 Å². The van der Waals surface area contributed by atoms with Crippen LogP contribution in [0, 0.1) is 6.92 Å². The Morgan fingerprint density at radius 2 is 2.24 bits per heavy atom. The maximum atomic E-state index is 9.66. The number of aliphatic hydroxyl groups is 1. The molecule has 4 rings (SSSR count). The van der Waals surface area contributed by atoms with Crippen LogP contribution in [-0.4, -0.2) is 44.6 Å². The fourth-order valence-electron chi connectivity index (χ4n) is 3.86. The van der Waals surface area contributed by atoms with Gasteiger partial charge < -0.3 is 14.7 Å². The molecular weight excluding hydrogens is 318 g/mol. The topological polar surface area (TPSA) is 76.3 Å². The van der Waals surface area contributed by atoms with Crippen molar-refractivity contribution >= 4 is 5.82 Å². The molecule has 4 heterocycles. The van der Waals surface area contributed by atoms with Crippen LogP contribution in [0.1, 0.15) is 47.7 Å². The molecule has 134 valence electrons. The highest BCUT2D eigenvalue weighted by Gasteiger charge is 2.26. The summed E-state index contributed by atoms with van der Waals surface area (Å²) in [5, 5.41) is 14.2. The monoisotopic (exact) mass is 343 g/mol. The normalized spacial score (nSPS) is 20.1. The second-order valence-corrected chi connectivity index (χ2v) is 6.78. The fourth-order valence-corrected chi connectivity index (χ4v) is 3.86. The van der Waals surface area contributed by atoms with E-state index in [0.717, 1.165) is 74.3 Å². The summed E-state index contributed by atoms with van der Waals surface area (Å²) < 4.78 is 7.53.